The molecule has 1 saturated heterocycles. The van der Waals surface area contributed by atoms with Gasteiger partial charge in [0.15, 0.2) is 11.5 Å². The van der Waals surface area contributed by atoms with Gasteiger partial charge in [0.25, 0.3) is 5.91 Å². The molecule has 2 heterocycles. The second kappa shape index (κ2) is 5.37. The van der Waals surface area contributed by atoms with Crippen molar-refractivity contribution in [1.29, 1.82) is 0 Å². The molecule has 4 nitrogen and oxygen atoms in total. The van der Waals surface area contributed by atoms with E-state index < -0.39 is 11.4 Å². The molecule has 3 atom stereocenters. The summed E-state index contributed by atoms with van der Waals surface area (Å²) in [6, 6.07) is 2.73. The third-order valence-electron chi connectivity index (χ3n) is 5.18. The van der Waals surface area contributed by atoms with E-state index in [0.717, 1.165) is 19.3 Å². The van der Waals surface area contributed by atoms with Crippen LogP contribution >= 0.6 is 0 Å². The van der Waals surface area contributed by atoms with Gasteiger partial charge in [-0.25, -0.2) is 9.37 Å². The number of hydrogen-bond donors (Lipinski definition) is 1. The number of amides is 1. The first kappa shape index (κ1) is 14.4. The molecule has 0 unspecified atom stereocenters. The van der Waals surface area contributed by atoms with Gasteiger partial charge in [0.05, 0.1) is 5.60 Å². The zero-order chi connectivity index (χ0) is 15.0. The highest BCUT2D eigenvalue weighted by atomic mass is 19.1. The Morgan fingerprint density at radius 3 is 3.10 bits per heavy atom. The summed E-state index contributed by atoms with van der Waals surface area (Å²) >= 11 is 0. The minimum Gasteiger partial charge on any atom is -0.390 e. The maximum atomic E-state index is 13.7. The van der Waals surface area contributed by atoms with Gasteiger partial charge in [-0.15, -0.1) is 0 Å². The van der Waals surface area contributed by atoms with Crippen molar-refractivity contribution in [2.24, 2.45) is 11.8 Å². The Morgan fingerprint density at radius 1 is 1.57 bits per heavy atom. The first-order chi connectivity index (χ1) is 10.0. The Labute approximate surface area is 124 Å². The quantitative estimate of drug-likeness (QED) is 0.909. The Balaban J connectivity index is 1.80. The Bertz CT molecular complexity index is 551. The molecule has 1 aromatic heterocycles. The fraction of sp³-hybridized carbons (Fsp3) is 0.625. The average Bonchev–Trinajstić information content (AvgIpc) is 2.93. The molecular weight excluding hydrogens is 271 g/mol. The molecule has 1 aliphatic heterocycles. The van der Waals surface area contributed by atoms with E-state index >= 15 is 0 Å². The van der Waals surface area contributed by atoms with Gasteiger partial charge in [-0.3, -0.25) is 4.79 Å². The zero-order valence-electron chi connectivity index (χ0n) is 12.3. The van der Waals surface area contributed by atoms with Gasteiger partial charge < -0.3 is 10.0 Å². The molecule has 0 spiro atoms. The molecule has 1 saturated carbocycles. The van der Waals surface area contributed by atoms with Crippen LogP contribution in [0.25, 0.3) is 0 Å². The van der Waals surface area contributed by atoms with E-state index in [1.54, 1.807) is 4.90 Å². The number of halogens is 1. The van der Waals surface area contributed by atoms with Crippen LogP contribution in [0.5, 0.6) is 0 Å². The molecule has 0 bridgehead atoms. The standard InChI is InChI=1S/C16H21FN2O2/c1-2-16(21)7-3-5-11-9-19(10-12(11)16)15(20)14-13(17)6-4-8-18-14/h4,6,8,11-12,21H,2-3,5,7,9-10H2,1H3/t11-,12+,16-/m0/s1. The van der Waals surface area contributed by atoms with Crippen LogP contribution in [0, 0.1) is 17.7 Å². The number of likely N-dealkylation sites (tertiary alicyclic amines) is 1. The molecule has 2 aliphatic rings. The third-order valence-corrected chi connectivity index (χ3v) is 5.18. The Morgan fingerprint density at radius 2 is 2.38 bits per heavy atom. The number of carbonyl (C=O) groups excluding carboxylic acids is 1. The smallest absolute Gasteiger partial charge is 0.275 e. The van der Waals surface area contributed by atoms with Gasteiger partial charge in [0.1, 0.15) is 0 Å². The first-order valence-electron chi connectivity index (χ1n) is 7.67. The molecule has 21 heavy (non-hydrogen) atoms. The maximum absolute atomic E-state index is 13.7. The predicted molar refractivity (Wildman–Crippen MR) is 76.2 cm³/mol. The van der Waals surface area contributed by atoms with Crippen LogP contribution in [-0.4, -0.2) is 39.6 Å². The van der Waals surface area contributed by atoms with Crippen molar-refractivity contribution in [3.63, 3.8) is 0 Å². The molecule has 1 amide bonds. The summed E-state index contributed by atoms with van der Waals surface area (Å²) in [4.78, 5) is 18.0. The monoisotopic (exact) mass is 292 g/mol. The Kier molecular flexibility index (Phi) is 3.69. The maximum Gasteiger partial charge on any atom is 0.275 e. The van der Waals surface area contributed by atoms with Crippen LogP contribution in [0.3, 0.4) is 0 Å². The van der Waals surface area contributed by atoms with E-state index in [4.69, 9.17) is 0 Å². The number of rotatable bonds is 2. The van der Waals surface area contributed by atoms with E-state index in [0.29, 0.717) is 25.4 Å². The van der Waals surface area contributed by atoms with E-state index in [1.165, 1.54) is 18.3 Å². The molecule has 0 radical (unpaired) electrons. The summed E-state index contributed by atoms with van der Waals surface area (Å²) in [5.41, 5.74) is -0.795. The van der Waals surface area contributed by atoms with Crippen LogP contribution in [-0.2, 0) is 0 Å². The molecule has 0 aromatic carbocycles. The lowest BCUT2D eigenvalue weighted by molar-refractivity contribution is -0.0609. The second-order valence-electron chi connectivity index (χ2n) is 6.26. The SMILES string of the molecule is CC[C@]1(O)CCC[C@H]2CN(C(=O)c3ncccc3F)C[C@H]21. The number of carbonyl (C=O) groups is 1. The molecule has 3 rings (SSSR count). The molecule has 1 aliphatic carbocycles. The third kappa shape index (κ3) is 2.44. The summed E-state index contributed by atoms with van der Waals surface area (Å²) < 4.78 is 13.7. The van der Waals surface area contributed by atoms with Crippen LogP contribution in [0.1, 0.15) is 43.1 Å². The minimum atomic E-state index is -0.680. The number of aliphatic hydroxyl groups is 1. The zero-order valence-corrected chi connectivity index (χ0v) is 12.3. The van der Waals surface area contributed by atoms with Gasteiger partial charge in [-0.2, -0.15) is 0 Å². The lowest BCUT2D eigenvalue weighted by Gasteiger charge is -2.40. The second-order valence-corrected chi connectivity index (χ2v) is 6.26. The van der Waals surface area contributed by atoms with Crippen LogP contribution in [0.2, 0.25) is 0 Å². The highest BCUT2D eigenvalue weighted by molar-refractivity contribution is 5.92. The van der Waals surface area contributed by atoms with Gasteiger partial charge >= 0.3 is 0 Å². The summed E-state index contributed by atoms with van der Waals surface area (Å²) in [6.07, 6.45) is 4.95. The summed E-state index contributed by atoms with van der Waals surface area (Å²) in [5, 5.41) is 10.7. The van der Waals surface area contributed by atoms with Crippen molar-refractivity contribution in [2.45, 2.75) is 38.2 Å². The Hall–Kier alpha value is -1.49. The van der Waals surface area contributed by atoms with E-state index in [2.05, 4.69) is 4.98 Å². The van der Waals surface area contributed by atoms with Crippen molar-refractivity contribution in [2.75, 3.05) is 13.1 Å². The number of pyridine rings is 1. The first-order valence-corrected chi connectivity index (χ1v) is 7.67. The summed E-state index contributed by atoms with van der Waals surface area (Å²) in [7, 11) is 0. The van der Waals surface area contributed by atoms with Gasteiger partial charge in [0, 0.05) is 25.2 Å². The average molecular weight is 292 g/mol. The molecule has 5 heteroatoms. The fourth-order valence-electron chi connectivity index (χ4n) is 3.93. The number of aromatic nitrogens is 1. The molecule has 1 N–H and O–H groups in total. The lowest BCUT2D eigenvalue weighted by Crippen LogP contribution is -2.44. The fourth-order valence-corrected chi connectivity index (χ4v) is 3.93. The normalized spacial score (nSPS) is 32.0. The van der Waals surface area contributed by atoms with Crippen molar-refractivity contribution in [3.05, 3.63) is 29.8 Å². The number of fused-ring (bicyclic) bond motifs is 1. The molecule has 2 fully saturated rings. The largest absolute Gasteiger partial charge is 0.390 e. The van der Waals surface area contributed by atoms with E-state index in [9.17, 15) is 14.3 Å². The predicted octanol–water partition coefficient (Wildman–Crippen LogP) is 2.23. The van der Waals surface area contributed by atoms with Crippen molar-refractivity contribution in [1.82, 2.24) is 9.88 Å². The van der Waals surface area contributed by atoms with Crippen LogP contribution in [0.4, 0.5) is 4.39 Å². The van der Waals surface area contributed by atoms with Crippen LogP contribution in [0.15, 0.2) is 18.3 Å². The number of hydrogen-bond acceptors (Lipinski definition) is 3. The van der Waals surface area contributed by atoms with Crippen molar-refractivity contribution >= 4 is 5.91 Å². The molecule has 1 aromatic rings. The van der Waals surface area contributed by atoms with Crippen molar-refractivity contribution in [3.8, 4) is 0 Å². The van der Waals surface area contributed by atoms with Gasteiger partial charge in [-0.05, 0) is 37.3 Å². The highest BCUT2D eigenvalue weighted by Crippen LogP contribution is 2.44. The molecule has 114 valence electrons. The topological polar surface area (TPSA) is 53.4 Å². The summed E-state index contributed by atoms with van der Waals surface area (Å²) in [5.74, 6) is -0.518. The number of nitrogens with zero attached hydrogens (tertiary/aromatic N) is 2. The summed E-state index contributed by atoms with van der Waals surface area (Å²) in [6.45, 7) is 3.09. The lowest BCUT2D eigenvalue weighted by atomic mass is 9.69. The highest BCUT2D eigenvalue weighted by Gasteiger charge is 2.49. The van der Waals surface area contributed by atoms with E-state index in [1.807, 2.05) is 6.92 Å². The van der Waals surface area contributed by atoms with Gasteiger partial charge in [-0.1, -0.05) is 13.3 Å². The van der Waals surface area contributed by atoms with Gasteiger partial charge in [0.2, 0.25) is 0 Å². The van der Waals surface area contributed by atoms with Crippen molar-refractivity contribution < 1.29 is 14.3 Å². The minimum absolute atomic E-state index is 0.104. The van der Waals surface area contributed by atoms with Crippen LogP contribution < -0.4 is 0 Å². The van der Waals surface area contributed by atoms with E-state index in [-0.39, 0.29) is 17.5 Å². The molecular formula is C16H21FN2O2.